The van der Waals surface area contributed by atoms with Crippen LogP contribution in [0, 0.1) is 6.92 Å². The van der Waals surface area contributed by atoms with Gasteiger partial charge in [-0.25, -0.2) is 8.42 Å². The highest BCUT2D eigenvalue weighted by molar-refractivity contribution is 7.92. The maximum atomic E-state index is 12.1. The molecule has 0 aromatic heterocycles. The zero-order valence-corrected chi connectivity index (χ0v) is 15.3. The lowest BCUT2D eigenvalue weighted by atomic mass is 10.1. The molecule has 0 bridgehead atoms. The summed E-state index contributed by atoms with van der Waals surface area (Å²) in [4.78, 5) is 2.22. The molecule has 0 radical (unpaired) electrons. The van der Waals surface area contributed by atoms with Crippen LogP contribution < -0.4 is 9.62 Å². The summed E-state index contributed by atoms with van der Waals surface area (Å²) in [5.74, 6) is -0.0754. The van der Waals surface area contributed by atoms with Crippen LogP contribution >= 0.6 is 0 Å². The molecule has 1 rings (SSSR count). The number of ether oxygens (including phenoxy) is 2. The number of hydrogen-bond donors (Lipinski definition) is 1. The molecule has 0 spiro atoms. The van der Waals surface area contributed by atoms with Gasteiger partial charge >= 0.3 is 0 Å². The van der Waals surface area contributed by atoms with E-state index in [9.17, 15) is 8.42 Å². The highest BCUT2D eigenvalue weighted by Crippen LogP contribution is 2.23. The summed E-state index contributed by atoms with van der Waals surface area (Å²) in [5, 5.41) is 0. The maximum Gasteiger partial charge on any atom is 0.235 e. The van der Waals surface area contributed by atoms with Crippen molar-refractivity contribution in [2.75, 3.05) is 55.4 Å². The third-order valence-electron chi connectivity index (χ3n) is 3.53. The van der Waals surface area contributed by atoms with E-state index in [2.05, 4.69) is 23.5 Å². The first kappa shape index (κ1) is 19.7. The van der Waals surface area contributed by atoms with E-state index in [1.54, 1.807) is 7.11 Å². The van der Waals surface area contributed by atoms with Crippen molar-refractivity contribution in [3.8, 4) is 0 Å². The number of nitrogens with zero attached hydrogens (tertiary/aromatic N) is 1. The second kappa shape index (κ2) is 9.75. The van der Waals surface area contributed by atoms with Crippen LogP contribution in [0.1, 0.15) is 19.4 Å². The van der Waals surface area contributed by atoms with E-state index in [-0.39, 0.29) is 12.4 Å². The highest BCUT2D eigenvalue weighted by Gasteiger charge is 2.13. The zero-order chi connectivity index (χ0) is 17.3. The molecule has 0 heterocycles. The van der Waals surface area contributed by atoms with Crippen LogP contribution in [0.2, 0.25) is 0 Å². The van der Waals surface area contributed by atoms with Crippen molar-refractivity contribution in [3.63, 3.8) is 0 Å². The monoisotopic (exact) mass is 344 g/mol. The van der Waals surface area contributed by atoms with Crippen molar-refractivity contribution in [1.82, 2.24) is 0 Å². The fourth-order valence-electron chi connectivity index (χ4n) is 2.18. The van der Waals surface area contributed by atoms with Gasteiger partial charge in [-0.05, 0) is 44.5 Å². The fraction of sp³-hybridized carbons (Fsp3) is 0.625. The summed E-state index contributed by atoms with van der Waals surface area (Å²) in [5.41, 5.74) is 2.61. The number of rotatable bonds is 11. The predicted molar refractivity (Wildman–Crippen MR) is 94.8 cm³/mol. The van der Waals surface area contributed by atoms with Gasteiger partial charge < -0.3 is 14.4 Å². The summed E-state index contributed by atoms with van der Waals surface area (Å²) in [6.07, 6.45) is 0. The average molecular weight is 344 g/mol. The number of nitrogens with one attached hydrogen (secondary N) is 1. The van der Waals surface area contributed by atoms with Gasteiger partial charge in [-0.15, -0.1) is 0 Å². The molecule has 132 valence electrons. The Hall–Kier alpha value is -1.31. The van der Waals surface area contributed by atoms with Crippen molar-refractivity contribution < 1.29 is 17.9 Å². The number of benzene rings is 1. The van der Waals surface area contributed by atoms with Gasteiger partial charge in [0, 0.05) is 25.9 Å². The lowest BCUT2D eigenvalue weighted by molar-refractivity contribution is 0.0785. The van der Waals surface area contributed by atoms with Crippen LogP contribution in [-0.2, 0) is 19.5 Å². The lowest BCUT2D eigenvalue weighted by Gasteiger charge is -2.22. The van der Waals surface area contributed by atoms with Gasteiger partial charge in [0.2, 0.25) is 10.0 Å². The summed E-state index contributed by atoms with van der Waals surface area (Å²) in [7, 11) is -1.84. The van der Waals surface area contributed by atoms with Gasteiger partial charge in [0.25, 0.3) is 0 Å². The molecule has 6 nitrogen and oxygen atoms in total. The van der Waals surface area contributed by atoms with E-state index in [1.165, 1.54) is 0 Å². The number of anilines is 2. The Morgan fingerprint density at radius 2 is 1.83 bits per heavy atom. The van der Waals surface area contributed by atoms with Crippen LogP contribution in [0.5, 0.6) is 0 Å². The molecule has 1 N–H and O–H groups in total. The van der Waals surface area contributed by atoms with Crippen LogP contribution in [0.25, 0.3) is 0 Å². The highest BCUT2D eigenvalue weighted by atomic mass is 32.2. The molecular formula is C16H28N2O4S. The standard InChI is InChI=1S/C16H28N2O4S/c1-5-18(6-2)15-7-8-16(14(3)13-15)17-23(19,20)12-11-22-10-9-21-4/h7-8,13,17H,5-6,9-12H2,1-4H3. The summed E-state index contributed by atoms with van der Waals surface area (Å²) >= 11 is 0. The van der Waals surface area contributed by atoms with Gasteiger partial charge in [-0.3, -0.25) is 4.72 Å². The van der Waals surface area contributed by atoms with Gasteiger partial charge in [0.1, 0.15) is 0 Å². The molecule has 7 heteroatoms. The number of sulfonamides is 1. The van der Waals surface area contributed by atoms with E-state index in [0.717, 1.165) is 24.3 Å². The maximum absolute atomic E-state index is 12.1. The second-order valence-electron chi connectivity index (χ2n) is 5.20. The average Bonchev–Trinajstić information content (AvgIpc) is 2.51. The SMILES string of the molecule is CCN(CC)c1ccc(NS(=O)(=O)CCOCCOC)c(C)c1. The Labute approximate surface area is 139 Å². The third-order valence-corrected chi connectivity index (χ3v) is 4.77. The van der Waals surface area contributed by atoms with Crippen LogP contribution in [-0.4, -0.2) is 54.2 Å². The Kier molecular flexibility index (Phi) is 8.36. The molecule has 0 atom stereocenters. The zero-order valence-electron chi connectivity index (χ0n) is 14.5. The quantitative estimate of drug-likeness (QED) is 0.624. The topological polar surface area (TPSA) is 67.9 Å². The van der Waals surface area contributed by atoms with Gasteiger partial charge in [-0.2, -0.15) is 0 Å². The van der Waals surface area contributed by atoms with E-state index in [0.29, 0.717) is 18.9 Å². The molecule has 0 aliphatic rings. The summed E-state index contributed by atoms with van der Waals surface area (Å²) in [6.45, 7) is 8.93. The van der Waals surface area contributed by atoms with Gasteiger partial charge in [-0.1, -0.05) is 0 Å². The number of aryl methyl sites for hydroxylation is 1. The summed E-state index contributed by atoms with van der Waals surface area (Å²) < 4.78 is 36.8. The molecule has 0 aliphatic heterocycles. The minimum atomic E-state index is -3.42. The number of hydrogen-bond acceptors (Lipinski definition) is 5. The molecule has 1 aromatic rings. The minimum absolute atomic E-state index is 0.0754. The second-order valence-corrected chi connectivity index (χ2v) is 7.04. The van der Waals surface area contributed by atoms with Crippen molar-refractivity contribution in [2.24, 2.45) is 0 Å². The van der Waals surface area contributed by atoms with Crippen LogP contribution in [0.15, 0.2) is 18.2 Å². The van der Waals surface area contributed by atoms with Gasteiger partial charge in [0.05, 0.1) is 31.3 Å². The molecular weight excluding hydrogens is 316 g/mol. The Morgan fingerprint density at radius 3 is 2.39 bits per heavy atom. The Bertz CT molecular complexity index is 571. The fourth-order valence-corrected chi connectivity index (χ4v) is 3.18. The number of methoxy groups -OCH3 is 1. The molecule has 0 fully saturated rings. The first-order chi connectivity index (χ1) is 10.9. The van der Waals surface area contributed by atoms with Crippen molar-refractivity contribution >= 4 is 21.4 Å². The Balaban J connectivity index is 2.65. The van der Waals surface area contributed by atoms with E-state index >= 15 is 0 Å². The van der Waals surface area contributed by atoms with Crippen LogP contribution in [0.4, 0.5) is 11.4 Å². The smallest absolute Gasteiger partial charge is 0.235 e. The lowest BCUT2D eigenvalue weighted by Crippen LogP contribution is -2.23. The molecule has 0 amide bonds. The van der Waals surface area contributed by atoms with Gasteiger partial charge in [0.15, 0.2) is 0 Å². The molecule has 1 aromatic carbocycles. The molecule has 0 saturated carbocycles. The third kappa shape index (κ3) is 6.76. The predicted octanol–water partition coefficient (Wildman–Crippen LogP) is 2.25. The van der Waals surface area contributed by atoms with Crippen molar-refractivity contribution in [1.29, 1.82) is 0 Å². The molecule has 23 heavy (non-hydrogen) atoms. The first-order valence-corrected chi connectivity index (χ1v) is 9.51. The van der Waals surface area contributed by atoms with Crippen molar-refractivity contribution in [3.05, 3.63) is 23.8 Å². The molecule has 0 unspecified atom stereocenters. The normalized spacial score (nSPS) is 11.5. The molecule has 0 saturated heterocycles. The largest absolute Gasteiger partial charge is 0.382 e. The summed E-state index contributed by atoms with van der Waals surface area (Å²) in [6, 6.07) is 5.75. The first-order valence-electron chi connectivity index (χ1n) is 7.86. The van der Waals surface area contributed by atoms with Crippen molar-refractivity contribution in [2.45, 2.75) is 20.8 Å². The minimum Gasteiger partial charge on any atom is -0.382 e. The van der Waals surface area contributed by atoms with E-state index < -0.39 is 10.0 Å². The van der Waals surface area contributed by atoms with E-state index in [4.69, 9.17) is 9.47 Å². The Morgan fingerprint density at radius 1 is 1.13 bits per heavy atom. The molecule has 0 aliphatic carbocycles. The van der Waals surface area contributed by atoms with E-state index in [1.807, 2.05) is 25.1 Å². The van der Waals surface area contributed by atoms with Crippen LogP contribution in [0.3, 0.4) is 0 Å².